The highest BCUT2D eigenvalue weighted by molar-refractivity contribution is 5.81. The highest BCUT2D eigenvalue weighted by Gasteiger charge is 2.42. The van der Waals surface area contributed by atoms with Gasteiger partial charge in [-0.15, -0.1) is 0 Å². The van der Waals surface area contributed by atoms with E-state index in [1.807, 2.05) is 0 Å². The molecule has 1 aromatic rings. The fourth-order valence-corrected chi connectivity index (χ4v) is 4.90. The van der Waals surface area contributed by atoms with Gasteiger partial charge >= 0.3 is 0 Å². The lowest BCUT2D eigenvalue weighted by Gasteiger charge is -2.28. The van der Waals surface area contributed by atoms with Gasteiger partial charge in [0.2, 0.25) is 5.91 Å². The maximum absolute atomic E-state index is 12.2. The first-order valence-electron chi connectivity index (χ1n) is 12.0. The number of hydrogen-bond acceptors (Lipinski definition) is 2. The number of aryl methyl sites for hydroxylation is 3. The second kappa shape index (κ2) is 12.4. The molecule has 164 valence electrons. The fraction of sp³-hybridized carbons (Fsp3) is 0.731. The van der Waals surface area contributed by atoms with Gasteiger partial charge in [-0.25, -0.2) is 0 Å². The zero-order valence-corrected chi connectivity index (χ0v) is 19.6. The summed E-state index contributed by atoms with van der Waals surface area (Å²) in [5.74, 6) is 1.26. The molecule has 1 aliphatic carbocycles. The van der Waals surface area contributed by atoms with E-state index in [4.69, 9.17) is 0 Å². The van der Waals surface area contributed by atoms with E-state index in [2.05, 4.69) is 63.0 Å². The van der Waals surface area contributed by atoms with Crippen molar-refractivity contribution < 1.29 is 4.79 Å². The van der Waals surface area contributed by atoms with Crippen LogP contribution in [0.4, 0.5) is 0 Å². The molecule has 3 rings (SSSR count). The Morgan fingerprint density at radius 2 is 1.72 bits per heavy atom. The lowest BCUT2D eigenvalue weighted by Crippen LogP contribution is -2.32. The van der Waals surface area contributed by atoms with Crippen molar-refractivity contribution in [2.24, 2.45) is 11.8 Å². The van der Waals surface area contributed by atoms with E-state index < -0.39 is 0 Å². The van der Waals surface area contributed by atoms with Crippen molar-refractivity contribution in [2.75, 3.05) is 19.6 Å². The summed E-state index contributed by atoms with van der Waals surface area (Å²) in [4.78, 5) is 14.8. The Bertz CT molecular complexity index is 627. The van der Waals surface area contributed by atoms with Crippen LogP contribution in [0.2, 0.25) is 0 Å². The Balaban J connectivity index is 0.000000278. The number of rotatable bonds is 8. The van der Waals surface area contributed by atoms with Crippen molar-refractivity contribution in [2.45, 2.75) is 92.0 Å². The Morgan fingerprint density at radius 1 is 0.966 bits per heavy atom. The lowest BCUT2D eigenvalue weighted by atomic mass is 9.78. The number of nitrogens with one attached hydrogen (secondary N) is 1. The average Bonchev–Trinajstić information content (AvgIpc) is 3.03. The van der Waals surface area contributed by atoms with Gasteiger partial charge in [0.25, 0.3) is 0 Å². The number of fused-ring (bicyclic) bond motifs is 1. The molecule has 1 aliphatic heterocycles. The average molecular weight is 401 g/mol. The third-order valence-electron chi connectivity index (χ3n) is 6.79. The monoisotopic (exact) mass is 400 g/mol. The first-order valence-corrected chi connectivity index (χ1v) is 12.0. The Kier molecular flexibility index (Phi) is 10.2. The standard InChI is InChI=1S/C17H32N2O.C9H12/c1-3-5-12-19(11-4-2)13-10-15-14-8-6-7-9-16(14)18-17(15)20;1-7-4-5-8(2)9(3)6-7/h14-16H,3-13H2,1-2H3,(H,18,20);4-6H,1-3H3. The molecular formula is C26H44N2O. The fourth-order valence-electron chi connectivity index (χ4n) is 4.90. The molecule has 1 saturated carbocycles. The smallest absolute Gasteiger partial charge is 0.223 e. The number of carbonyl (C=O) groups is 1. The SMILES string of the molecule is CCCCN(CCC)CCC1C(=O)NC2CCCCC21.Cc1ccc(C)c(C)c1. The van der Waals surface area contributed by atoms with Crippen molar-refractivity contribution >= 4 is 5.91 Å². The maximum atomic E-state index is 12.2. The molecule has 29 heavy (non-hydrogen) atoms. The van der Waals surface area contributed by atoms with Gasteiger partial charge in [0.15, 0.2) is 0 Å². The third kappa shape index (κ3) is 7.44. The Labute approximate surface area is 179 Å². The summed E-state index contributed by atoms with van der Waals surface area (Å²) in [5.41, 5.74) is 4.11. The number of amides is 1. The van der Waals surface area contributed by atoms with Crippen molar-refractivity contribution in [3.05, 3.63) is 34.9 Å². The van der Waals surface area contributed by atoms with E-state index in [-0.39, 0.29) is 0 Å². The number of benzene rings is 1. The van der Waals surface area contributed by atoms with Gasteiger partial charge in [-0.3, -0.25) is 4.79 Å². The molecule has 1 amide bonds. The molecule has 1 aromatic carbocycles. The first-order chi connectivity index (χ1) is 14.0. The van der Waals surface area contributed by atoms with Crippen LogP contribution in [0.15, 0.2) is 18.2 Å². The predicted octanol–water partition coefficient (Wildman–Crippen LogP) is 5.81. The topological polar surface area (TPSA) is 32.3 Å². The van der Waals surface area contributed by atoms with Gasteiger partial charge in [-0.2, -0.15) is 0 Å². The molecule has 1 heterocycles. The molecule has 2 fully saturated rings. The van der Waals surface area contributed by atoms with Crippen LogP contribution in [0.1, 0.15) is 81.9 Å². The number of nitrogens with zero attached hydrogens (tertiary/aromatic N) is 1. The van der Waals surface area contributed by atoms with Crippen LogP contribution >= 0.6 is 0 Å². The molecule has 0 bridgehead atoms. The molecule has 3 atom stereocenters. The number of unbranched alkanes of at least 4 members (excludes halogenated alkanes) is 1. The summed E-state index contributed by atoms with van der Waals surface area (Å²) in [7, 11) is 0. The summed E-state index contributed by atoms with van der Waals surface area (Å²) in [6, 6.07) is 7.00. The summed E-state index contributed by atoms with van der Waals surface area (Å²) in [6.07, 6.45) is 9.91. The second-order valence-corrected chi connectivity index (χ2v) is 9.24. The Hall–Kier alpha value is -1.35. The van der Waals surface area contributed by atoms with Crippen molar-refractivity contribution in [3.8, 4) is 0 Å². The number of hydrogen-bond donors (Lipinski definition) is 1. The number of carbonyl (C=O) groups excluding carboxylic acids is 1. The van der Waals surface area contributed by atoms with Crippen LogP contribution in [0.25, 0.3) is 0 Å². The maximum Gasteiger partial charge on any atom is 0.223 e. The van der Waals surface area contributed by atoms with E-state index in [1.165, 1.54) is 74.7 Å². The molecule has 3 nitrogen and oxygen atoms in total. The van der Waals surface area contributed by atoms with Gasteiger partial charge in [-0.1, -0.05) is 56.9 Å². The molecule has 1 saturated heterocycles. The van der Waals surface area contributed by atoms with Gasteiger partial charge in [0.1, 0.15) is 0 Å². The molecule has 3 unspecified atom stereocenters. The second-order valence-electron chi connectivity index (χ2n) is 9.24. The van der Waals surface area contributed by atoms with E-state index in [0.29, 0.717) is 23.8 Å². The minimum absolute atomic E-state index is 0.293. The summed E-state index contributed by atoms with van der Waals surface area (Å²) in [5, 5.41) is 3.25. The van der Waals surface area contributed by atoms with Crippen LogP contribution < -0.4 is 5.32 Å². The van der Waals surface area contributed by atoms with E-state index in [0.717, 1.165) is 13.0 Å². The van der Waals surface area contributed by atoms with Crippen molar-refractivity contribution in [1.82, 2.24) is 10.2 Å². The van der Waals surface area contributed by atoms with Gasteiger partial charge in [0.05, 0.1) is 0 Å². The molecule has 1 N–H and O–H groups in total. The molecular weight excluding hydrogens is 356 g/mol. The highest BCUT2D eigenvalue weighted by Crippen LogP contribution is 2.37. The summed E-state index contributed by atoms with van der Waals surface area (Å²) < 4.78 is 0. The van der Waals surface area contributed by atoms with Crippen LogP contribution in [-0.2, 0) is 4.79 Å². The van der Waals surface area contributed by atoms with Crippen LogP contribution in [0.5, 0.6) is 0 Å². The van der Waals surface area contributed by atoms with Crippen LogP contribution in [0, 0.1) is 32.6 Å². The van der Waals surface area contributed by atoms with Crippen molar-refractivity contribution in [1.29, 1.82) is 0 Å². The van der Waals surface area contributed by atoms with Crippen LogP contribution in [0.3, 0.4) is 0 Å². The van der Waals surface area contributed by atoms with Crippen molar-refractivity contribution in [3.63, 3.8) is 0 Å². The molecule has 3 heteroatoms. The molecule has 0 radical (unpaired) electrons. The quantitative estimate of drug-likeness (QED) is 0.597. The Morgan fingerprint density at radius 3 is 2.38 bits per heavy atom. The molecule has 2 aliphatic rings. The van der Waals surface area contributed by atoms with E-state index in [1.54, 1.807) is 0 Å². The van der Waals surface area contributed by atoms with Gasteiger partial charge < -0.3 is 10.2 Å². The van der Waals surface area contributed by atoms with Gasteiger partial charge in [-0.05, 0) is 89.6 Å². The zero-order valence-electron chi connectivity index (χ0n) is 19.6. The molecule has 0 aromatic heterocycles. The molecule has 0 spiro atoms. The summed E-state index contributed by atoms with van der Waals surface area (Å²) in [6.45, 7) is 14.4. The minimum atomic E-state index is 0.293. The normalized spacial score (nSPS) is 23.4. The third-order valence-corrected chi connectivity index (χ3v) is 6.79. The predicted molar refractivity (Wildman–Crippen MR) is 124 cm³/mol. The highest BCUT2D eigenvalue weighted by atomic mass is 16.2. The first kappa shape index (κ1) is 23.9. The van der Waals surface area contributed by atoms with Gasteiger partial charge in [0, 0.05) is 12.0 Å². The zero-order chi connectivity index (χ0) is 21.2. The lowest BCUT2D eigenvalue weighted by molar-refractivity contribution is -0.123. The van der Waals surface area contributed by atoms with E-state index in [9.17, 15) is 4.79 Å². The van der Waals surface area contributed by atoms with Crippen LogP contribution in [-0.4, -0.2) is 36.5 Å². The largest absolute Gasteiger partial charge is 0.353 e. The van der Waals surface area contributed by atoms with E-state index >= 15 is 0 Å². The minimum Gasteiger partial charge on any atom is -0.353 e. The summed E-state index contributed by atoms with van der Waals surface area (Å²) >= 11 is 0.